The van der Waals surface area contributed by atoms with E-state index in [2.05, 4.69) is 59.2 Å². The van der Waals surface area contributed by atoms with Crippen LogP contribution in [0.25, 0.3) is 44.7 Å². The Kier molecular flexibility index (Phi) is 7.30. The van der Waals surface area contributed by atoms with E-state index in [1.807, 2.05) is 12.1 Å². The van der Waals surface area contributed by atoms with Gasteiger partial charge in [-0.25, -0.2) is 0 Å². The van der Waals surface area contributed by atoms with E-state index in [4.69, 9.17) is 13.5 Å². The highest BCUT2D eigenvalue weighted by Crippen LogP contribution is 2.45. The normalized spacial score (nSPS) is 17.7. The van der Waals surface area contributed by atoms with Crippen molar-refractivity contribution in [3.05, 3.63) is 75.7 Å². The van der Waals surface area contributed by atoms with Crippen molar-refractivity contribution >= 4 is 8.32 Å². The van der Waals surface area contributed by atoms with Crippen molar-refractivity contribution in [2.24, 2.45) is 5.11 Å². The monoisotopic (exact) mass is 582 g/mol. The fraction of sp³-hybridized carbons (Fsp3) is 0.393. The number of benzene rings is 2. The third-order valence-corrected chi connectivity index (χ3v) is 12.3. The molecule has 0 unspecified atom stereocenters. The van der Waals surface area contributed by atoms with Crippen LogP contribution in [0.1, 0.15) is 50.0 Å². The first-order chi connectivity index (χ1) is 19.3. The molecule has 1 aliphatic rings. The third-order valence-electron chi connectivity index (χ3n) is 7.84. The molecule has 0 N–H and O–H groups in total. The summed E-state index contributed by atoms with van der Waals surface area (Å²) in [6.07, 6.45) is -3.98. The van der Waals surface area contributed by atoms with Gasteiger partial charge in [-0.2, -0.15) is 18.2 Å². The van der Waals surface area contributed by atoms with E-state index in [9.17, 15) is 18.7 Å². The van der Waals surface area contributed by atoms with E-state index in [0.29, 0.717) is 18.4 Å². The standard InChI is InChI=1S/C28H29F3N6O3Si/c1-27(2,3)41(4,5)40-23-19-13-11-18(15-17(19)12-14-20(23)34-37-32)25-33-26(39-36-25)24-21(28(29,30)31)22(35-38-24)16-9-7-6-8-10-16/h6-11,13,15,20,23H,12,14H2,1-5H3/t20-,23+/m1/s1. The number of aryl methyl sites for hydroxylation is 1. The fourth-order valence-corrected chi connectivity index (χ4v) is 5.92. The predicted molar refractivity (Wildman–Crippen MR) is 148 cm³/mol. The summed E-state index contributed by atoms with van der Waals surface area (Å²) >= 11 is 0. The zero-order chi connectivity index (χ0) is 29.6. The van der Waals surface area contributed by atoms with Crippen molar-refractivity contribution in [3.8, 4) is 34.3 Å². The van der Waals surface area contributed by atoms with Gasteiger partial charge in [0.05, 0.1) is 12.1 Å². The van der Waals surface area contributed by atoms with E-state index in [1.54, 1.807) is 24.3 Å². The average Bonchev–Trinajstić information content (AvgIpc) is 3.57. The molecular weight excluding hydrogens is 553 g/mol. The summed E-state index contributed by atoms with van der Waals surface area (Å²) in [6, 6.07) is 13.1. The minimum absolute atomic E-state index is 0.0527. The zero-order valence-electron chi connectivity index (χ0n) is 23.2. The number of hydrogen-bond acceptors (Lipinski definition) is 7. The summed E-state index contributed by atoms with van der Waals surface area (Å²) in [4.78, 5) is 7.28. The van der Waals surface area contributed by atoms with Crippen molar-refractivity contribution in [2.75, 3.05) is 0 Å². The molecule has 0 amide bonds. The van der Waals surface area contributed by atoms with Crippen LogP contribution in [0.15, 0.2) is 62.7 Å². The third kappa shape index (κ3) is 5.52. The second-order valence-corrected chi connectivity index (χ2v) is 16.3. The van der Waals surface area contributed by atoms with Gasteiger partial charge in [0.2, 0.25) is 11.6 Å². The Bertz CT molecular complexity index is 1600. The minimum Gasteiger partial charge on any atom is -0.410 e. The molecule has 0 saturated heterocycles. The van der Waals surface area contributed by atoms with Gasteiger partial charge in [0, 0.05) is 16.0 Å². The largest absolute Gasteiger partial charge is 0.422 e. The molecule has 0 aliphatic heterocycles. The molecule has 9 nitrogen and oxygen atoms in total. The van der Waals surface area contributed by atoms with Crippen LogP contribution in [0.5, 0.6) is 0 Å². The Labute approximate surface area is 235 Å². The van der Waals surface area contributed by atoms with Crippen molar-refractivity contribution < 1.29 is 26.6 Å². The molecule has 2 heterocycles. The van der Waals surface area contributed by atoms with Crippen LogP contribution >= 0.6 is 0 Å². The van der Waals surface area contributed by atoms with Crippen molar-refractivity contribution in [1.82, 2.24) is 15.3 Å². The minimum atomic E-state index is -4.78. The second-order valence-electron chi connectivity index (χ2n) is 11.5. The molecule has 13 heteroatoms. The van der Waals surface area contributed by atoms with Crippen LogP contribution in [0.3, 0.4) is 0 Å². The Morgan fingerprint density at radius 3 is 2.41 bits per heavy atom. The molecule has 2 atom stereocenters. The predicted octanol–water partition coefficient (Wildman–Crippen LogP) is 8.77. The van der Waals surface area contributed by atoms with E-state index in [0.717, 1.165) is 11.1 Å². The summed E-state index contributed by atoms with van der Waals surface area (Å²) in [7, 11) is -2.22. The lowest BCUT2D eigenvalue weighted by molar-refractivity contribution is -0.136. The molecule has 0 saturated carbocycles. The molecule has 41 heavy (non-hydrogen) atoms. The summed E-state index contributed by atoms with van der Waals surface area (Å²) in [5, 5.41) is 11.6. The number of rotatable bonds is 6. The molecule has 0 bridgehead atoms. The summed E-state index contributed by atoms with van der Waals surface area (Å²) in [5.74, 6) is -0.969. The van der Waals surface area contributed by atoms with E-state index < -0.39 is 37.8 Å². The zero-order valence-corrected chi connectivity index (χ0v) is 24.2. The van der Waals surface area contributed by atoms with Crippen LogP contribution in [0.4, 0.5) is 13.2 Å². The fourth-order valence-electron chi connectivity index (χ4n) is 4.65. The van der Waals surface area contributed by atoms with Crippen molar-refractivity contribution in [3.63, 3.8) is 0 Å². The lowest BCUT2D eigenvalue weighted by Gasteiger charge is -2.42. The first kappa shape index (κ1) is 28.6. The number of hydrogen-bond donors (Lipinski definition) is 0. The molecule has 0 radical (unpaired) electrons. The topological polar surface area (TPSA) is 123 Å². The molecular formula is C28H29F3N6O3Si. The van der Waals surface area contributed by atoms with Crippen molar-refractivity contribution in [2.45, 2.75) is 70.1 Å². The summed E-state index contributed by atoms with van der Waals surface area (Å²) in [5.41, 5.74) is 10.4. The lowest BCUT2D eigenvalue weighted by Crippen LogP contribution is -2.44. The number of aromatic nitrogens is 3. The Morgan fingerprint density at radius 2 is 1.76 bits per heavy atom. The molecule has 2 aromatic heterocycles. The van der Waals surface area contributed by atoms with Gasteiger partial charge in [0.25, 0.3) is 5.89 Å². The van der Waals surface area contributed by atoms with E-state index in [1.165, 1.54) is 12.1 Å². The second kappa shape index (κ2) is 10.5. The van der Waals surface area contributed by atoms with Crippen molar-refractivity contribution in [1.29, 1.82) is 0 Å². The summed E-state index contributed by atoms with van der Waals surface area (Å²) < 4.78 is 59.4. The lowest BCUT2D eigenvalue weighted by atomic mass is 9.85. The van der Waals surface area contributed by atoms with Crippen LogP contribution in [0.2, 0.25) is 18.1 Å². The Hall–Kier alpha value is -3.93. The molecule has 1 aliphatic carbocycles. The van der Waals surface area contributed by atoms with Crippen LogP contribution < -0.4 is 0 Å². The van der Waals surface area contributed by atoms with Gasteiger partial charge in [0.1, 0.15) is 11.3 Å². The number of alkyl halides is 3. The molecule has 0 fully saturated rings. The molecule has 214 valence electrons. The van der Waals surface area contributed by atoms with Crippen LogP contribution in [-0.4, -0.2) is 29.7 Å². The quantitative estimate of drug-likeness (QED) is 0.0969. The maximum atomic E-state index is 14.1. The SMILES string of the molecule is CC(C)(C)[Si](C)(C)O[C@H]1c2ccc(-c3noc(-c4onc(-c5ccccc5)c4C(F)(F)F)n3)cc2CC[C@H]1N=[N+]=[N-]. The van der Waals surface area contributed by atoms with Crippen LogP contribution in [-0.2, 0) is 17.0 Å². The van der Waals surface area contributed by atoms with Crippen LogP contribution in [0, 0.1) is 0 Å². The Balaban J connectivity index is 1.50. The van der Waals surface area contributed by atoms with E-state index >= 15 is 0 Å². The maximum Gasteiger partial charge on any atom is 0.422 e. The number of halogens is 3. The molecule has 4 aromatic rings. The van der Waals surface area contributed by atoms with Gasteiger partial charge >= 0.3 is 6.18 Å². The van der Waals surface area contributed by atoms with E-state index in [-0.39, 0.29) is 28.2 Å². The Morgan fingerprint density at radius 1 is 1.02 bits per heavy atom. The first-order valence-electron chi connectivity index (χ1n) is 13.1. The number of azide groups is 1. The smallest absolute Gasteiger partial charge is 0.410 e. The van der Waals surface area contributed by atoms with Gasteiger partial charge in [-0.15, -0.1) is 0 Å². The highest BCUT2D eigenvalue weighted by atomic mass is 28.4. The highest BCUT2D eigenvalue weighted by Gasteiger charge is 2.44. The first-order valence-corrected chi connectivity index (χ1v) is 16.0. The highest BCUT2D eigenvalue weighted by molar-refractivity contribution is 6.74. The van der Waals surface area contributed by atoms with Gasteiger partial charge in [-0.05, 0) is 53.7 Å². The number of fused-ring (bicyclic) bond motifs is 1. The van der Waals surface area contributed by atoms with Gasteiger partial charge in [-0.1, -0.05) is 78.7 Å². The average molecular weight is 583 g/mol. The molecule has 5 rings (SSSR count). The van der Waals surface area contributed by atoms with Gasteiger partial charge < -0.3 is 13.5 Å². The van der Waals surface area contributed by atoms with Gasteiger partial charge in [0.15, 0.2) is 8.32 Å². The maximum absolute atomic E-state index is 14.1. The molecule has 0 spiro atoms. The summed E-state index contributed by atoms with van der Waals surface area (Å²) in [6.45, 7) is 10.7. The van der Waals surface area contributed by atoms with Gasteiger partial charge in [-0.3, -0.25) is 0 Å². The number of nitrogens with zero attached hydrogens (tertiary/aromatic N) is 6. The molecule has 2 aromatic carbocycles.